The Labute approximate surface area is 159 Å². The molecule has 8 nitrogen and oxygen atoms in total. The van der Waals surface area contributed by atoms with Crippen LogP contribution in [0.4, 0.5) is 0 Å². The summed E-state index contributed by atoms with van der Waals surface area (Å²) in [5, 5.41) is 9.80. The maximum atomic E-state index is 12.7. The van der Waals surface area contributed by atoms with Crippen LogP contribution in [0.25, 0.3) is 0 Å². The van der Waals surface area contributed by atoms with E-state index in [1.807, 2.05) is 15.5 Å². The molecule has 2 aromatic rings. The third kappa shape index (κ3) is 3.39. The third-order valence-electron chi connectivity index (χ3n) is 5.24. The molecule has 1 N–H and O–H groups in total. The molecule has 1 fully saturated rings. The largest absolute Gasteiger partial charge is 0.493 e. The first-order valence-electron chi connectivity index (χ1n) is 8.79. The van der Waals surface area contributed by atoms with Gasteiger partial charge in [-0.2, -0.15) is 4.98 Å². The van der Waals surface area contributed by atoms with E-state index < -0.39 is 0 Å². The summed E-state index contributed by atoms with van der Waals surface area (Å²) in [6.45, 7) is 1.86. The van der Waals surface area contributed by atoms with Crippen LogP contribution >= 0.6 is 11.8 Å². The number of aromatic nitrogens is 3. The maximum absolute atomic E-state index is 12.7. The lowest BCUT2D eigenvalue weighted by atomic mass is 9.83. The molecule has 4 rings (SSSR count). The Morgan fingerprint density at radius 3 is 2.89 bits per heavy atom. The van der Waals surface area contributed by atoms with Crippen molar-refractivity contribution in [1.29, 1.82) is 0 Å². The molecule has 2 aliphatic heterocycles. The molecule has 0 aromatic carbocycles. The van der Waals surface area contributed by atoms with Crippen LogP contribution < -0.4 is 11.1 Å². The molecular weight excluding hydrogens is 368 g/mol. The summed E-state index contributed by atoms with van der Waals surface area (Å²) in [5.74, 6) is 0.212. The Bertz CT molecular complexity index is 1020. The first-order chi connectivity index (χ1) is 12.9. The summed E-state index contributed by atoms with van der Waals surface area (Å²) in [6.07, 6.45) is 0.989. The fourth-order valence-electron chi connectivity index (χ4n) is 3.95. The van der Waals surface area contributed by atoms with Crippen molar-refractivity contribution in [2.75, 3.05) is 18.8 Å². The van der Waals surface area contributed by atoms with Gasteiger partial charge in [0, 0.05) is 44.4 Å². The monoisotopic (exact) mass is 388 g/mol. The average Bonchev–Trinajstić information content (AvgIpc) is 2.64. The van der Waals surface area contributed by atoms with Crippen LogP contribution in [-0.4, -0.2) is 48.9 Å². The van der Waals surface area contributed by atoms with Gasteiger partial charge in [-0.25, -0.2) is 0 Å². The third-order valence-corrected chi connectivity index (χ3v) is 6.25. The number of amides is 1. The molecule has 0 radical (unpaired) electrons. The number of pyridine rings is 1. The molecule has 2 aliphatic rings. The Hall–Kier alpha value is -2.55. The van der Waals surface area contributed by atoms with Gasteiger partial charge >= 0.3 is 0 Å². The van der Waals surface area contributed by atoms with Gasteiger partial charge in [-0.15, -0.1) is 0 Å². The molecule has 27 heavy (non-hydrogen) atoms. The number of fused-ring (bicyclic) bond motifs is 4. The molecule has 1 amide bonds. The second-order valence-electron chi connectivity index (χ2n) is 7.08. The molecule has 2 atom stereocenters. The molecule has 2 bridgehead atoms. The van der Waals surface area contributed by atoms with Gasteiger partial charge in [-0.3, -0.25) is 19.0 Å². The summed E-state index contributed by atoms with van der Waals surface area (Å²) in [5.41, 5.74) is 0.654. The summed E-state index contributed by atoms with van der Waals surface area (Å²) >= 11 is 1.14. The summed E-state index contributed by atoms with van der Waals surface area (Å²) in [6, 6.07) is 6.37. The fraction of sp³-hybridized carbons (Fsp3) is 0.444. The van der Waals surface area contributed by atoms with Crippen molar-refractivity contribution in [2.45, 2.75) is 24.0 Å². The van der Waals surface area contributed by atoms with E-state index >= 15 is 0 Å². The zero-order chi connectivity index (χ0) is 19.1. The van der Waals surface area contributed by atoms with Crippen molar-refractivity contribution >= 4 is 17.7 Å². The zero-order valence-corrected chi connectivity index (χ0v) is 15.7. The highest BCUT2D eigenvalue weighted by molar-refractivity contribution is 7.99. The number of hydrogen-bond donors (Lipinski definition) is 1. The molecule has 0 spiro atoms. The van der Waals surface area contributed by atoms with Crippen molar-refractivity contribution in [3.63, 3.8) is 0 Å². The fourth-order valence-corrected chi connectivity index (χ4v) is 4.83. The van der Waals surface area contributed by atoms with Gasteiger partial charge in [0.1, 0.15) is 0 Å². The molecule has 142 valence electrons. The lowest BCUT2D eigenvalue weighted by Gasteiger charge is -2.42. The van der Waals surface area contributed by atoms with Crippen LogP contribution in [0.5, 0.6) is 5.88 Å². The van der Waals surface area contributed by atoms with Crippen LogP contribution in [0.3, 0.4) is 0 Å². The number of piperidine rings is 1. The van der Waals surface area contributed by atoms with Crippen LogP contribution in [0.1, 0.15) is 18.0 Å². The van der Waals surface area contributed by atoms with E-state index in [0.717, 1.165) is 29.9 Å². The van der Waals surface area contributed by atoms with E-state index in [0.29, 0.717) is 24.8 Å². The maximum Gasteiger partial charge on any atom is 0.257 e. The van der Waals surface area contributed by atoms with E-state index in [9.17, 15) is 19.5 Å². The number of likely N-dealkylation sites (tertiary alicyclic amines) is 1. The first-order valence-corrected chi connectivity index (χ1v) is 9.78. The van der Waals surface area contributed by atoms with Gasteiger partial charge < -0.3 is 14.6 Å². The minimum Gasteiger partial charge on any atom is -0.493 e. The topological polar surface area (TPSA) is 97.4 Å². The lowest BCUT2D eigenvalue weighted by molar-refractivity contribution is -0.131. The summed E-state index contributed by atoms with van der Waals surface area (Å²) < 4.78 is 3.15. The minimum atomic E-state index is -0.369. The number of carbonyl (C=O) groups excluding carboxylic acids is 1. The molecule has 1 saturated heterocycles. The van der Waals surface area contributed by atoms with Crippen molar-refractivity contribution in [3.8, 4) is 5.88 Å². The highest BCUT2D eigenvalue weighted by Gasteiger charge is 2.36. The predicted octanol–water partition coefficient (Wildman–Crippen LogP) is 0.386. The summed E-state index contributed by atoms with van der Waals surface area (Å²) in [4.78, 5) is 42.3. The molecule has 2 aromatic heterocycles. The Kier molecular flexibility index (Phi) is 4.55. The number of nitrogens with zero attached hydrogens (tertiary/aromatic N) is 4. The number of aromatic hydroxyl groups is 1. The van der Waals surface area contributed by atoms with Gasteiger partial charge in [-0.05, 0) is 18.4 Å². The van der Waals surface area contributed by atoms with Crippen LogP contribution in [0.15, 0.2) is 39.0 Å². The standard InChI is InChI=1S/C18H20N4O4S/c1-20-16(25)6-14(23)19-18(20)27-10-17(26)21-7-11-5-12(9-21)13-3-2-4-15(24)22(13)8-11/h2-4,6,11-12,23H,5,7-10H2,1H3/t11-,12+/m1/s1. The van der Waals surface area contributed by atoms with Crippen molar-refractivity contribution in [2.24, 2.45) is 13.0 Å². The predicted molar refractivity (Wildman–Crippen MR) is 100.0 cm³/mol. The zero-order valence-electron chi connectivity index (χ0n) is 14.9. The Morgan fingerprint density at radius 2 is 2.07 bits per heavy atom. The van der Waals surface area contributed by atoms with Crippen molar-refractivity contribution in [3.05, 3.63) is 50.7 Å². The normalized spacial score (nSPS) is 21.0. The van der Waals surface area contributed by atoms with Crippen molar-refractivity contribution in [1.82, 2.24) is 19.0 Å². The van der Waals surface area contributed by atoms with E-state index in [2.05, 4.69) is 4.98 Å². The first kappa shape index (κ1) is 17.8. The Balaban J connectivity index is 1.47. The van der Waals surface area contributed by atoms with Gasteiger partial charge in [0.2, 0.25) is 11.8 Å². The van der Waals surface area contributed by atoms with Gasteiger partial charge in [0.15, 0.2) is 5.16 Å². The van der Waals surface area contributed by atoms with E-state index in [4.69, 9.17) is 0 Å². The van der Waals surface area contributed by atoms with Crippen LogP contribution in [-0.2, 0) is 18.4 Å². The number of hydrogen-bond acceptors (Lipinski definition) is 6. The minimum absolute atomic E-state index is 0.0217. The lowest BCUT2D eigenvalue weighted by Crippen LogP contribution is -2.49. The van der Waals surface area contributed by atoms with Gasteiger partial charge in [0.05, 0.1) is 11.8 Å². The van der Waals surface area contributed by atoms with Crippen molar-refractivity contribution < 1.29 is 9.90 Å². The number of thioether (sulfide) groups is 1. The molecule has 9 heteroatoms. The van der Waals surface area contributed by atoms with Crippen LogP contribution in [0.2, 0.25) is 0 Å². The highest BCUT2D eigenvalue weighted by atomic mass is 32.2. The second kappa shape index (κ2) is 6.88. The number of rotatable bonds is 3. The van der Waals surface area contributed by atoms with Crippen LogP contribution in [0, 0.1) is 5.92 Å². The average molecular weight is 388 g/mol. The highest BCUT2D eigenvalue weighted by Crippen LogP contribution is 2.35. The number of carbonyl (C=O) groups is 1. The van der Waals surface area contributed by atoms with E-state index in [1.165, 1.54) is 4.57 Å². The molecule has 0 unspecified atom stereocenters. The van der Waals surface area contributed by atoms with E-state index in [1.54, 1.807) is 19.2 Å². The smallest absolute Gasteiger partial charge is 0.257 e. The summed E-state index contributed by atoms with van der Waals surface area (Å²) in [7, 11) is 1.56. The second-order valence-corrected chi connectivity index (χ2v) is 8.02. The SMILES string of the molecule is Cn1c(SCC(=O)N2C[C@H]3C[C@@H](C2)c2cccc(=O)n2C3)nc(O)cc1=O. The molecule has 0 aliphatic carbocycles. The van der Waals surface area contributed by atoms with Gasteiger partial charge in [0.25, 0.3) is 11.1 Å². The Morgan fingerprint density at radius 1 is 1.26 bits per heavy atom. The molecule has 4 heterocycles. The molecule has 0 saturated carbocycles. The quantitative estimate of drug-likeness (QED) is 0.603. The van der Waals surface area contributed by atoms with Gasteiger partial charge in [-0.1, -0.05) is 17.8 Å². The molecular formula is C18H20N4O4S. The van der Waals surface area contributed by atoms with E-state index in [-0.39, 0.29) is 40.5 Å².